The van der Waals surface area contributed by atoms with E-state index in [1.54, 1.807) is 19.1 Å². The van der Waals surface area contributed by atoms with E-state index in [0.717, 1.165) is 17.7 Å². The van der Waals surface area contributed by atoms with Crippen molar-refractivity contribution in [2.24, 2.45) is 5.73 Å². The molecule has 0 aliphatic carbocycles. The second kappa shape index (κ2) is 4.49. The van der Waals surface area contributed by atoms with Gasteiger partial charge >= 0.3 is 6.18 Å². The fourth-order valence-corrected chi connectivity index (χ4v) is 1.23. The normalized spacial score (nSPS) is 12.3. The number of nitrogens with two attached hydrogens (primary N) is 1. The summed E-state index contributed by atoms with van der Waals surface area (Å²) >= 11 is 0. The van der Waals surface area contributed by atoms with Gasteiger partial charge < -0.3 is 5.73 Å². The number of alkyl halides is 3. The van der Waals surface area contributed by atoms with Crippen molar-refractivity contribution in [3.63, 3.8) is 0 Å². The zero-order chi connectivity index (χ0) is 11.5. The monoisotopic (exact) mass is 215 g/mol. The standard InChI is InChI=1S/C11H12F3N/c1-8-7-10(11(12,13)14)5-4-9(8)3-2-6-15/h2-5,7H,6,15H2,1H3. The summed E-state index contributed by atoms with van der Waals surface area (Å²) in [6.07, 6.45) is -0.855. The first kappa shape index (κ1) is 11.8. The van der Waals surface area contributed by atoms with Crippen LogP contribution in [0, 0.1) is 6.92 Å². The summed E-state index contributed by atoms with van der Waals surface area (Å²) in [6, 6.07) is 3.66. The van der Waals surface area contributed by atoms with Crippen molar-refractivity contribution in [3.8, 4) is 0 Å². The lowest BCUT2D eigenvalue weighted by atomic mass is 10.0. The molecule has 0 amide bonds. The molecule has 0 aliphatic rings. The average Bonchev–Trinajstić information content (AvgIpc) is 2.14. The van der Waals surface area contributed by atoms with Crippen LogP contribution in [-0.2, 0) is 6.18 Å². The molecular weight excluding hydrogens is 203 g/mol. The highest BCUT2D eigenvalue weighted by atomic mass is 19.4. The van der Waals surface area contributed by atoms with Gasteiger partial charge in [-0.25, -0.2) is 0 Å². The van der Waals surface area contributed by atoms with Crippen LogP contribution < -0.4 is 5.73 Å². The predicted octanol–water partition coefficient (Wildman–Crippen LogP) is 2.99. The molecule has 0 saturated carbocycles. The first-order valence-electron chi connectivity index (χ1n) is 4.49. The van der Waals surface area contributed by atoms with Crippen LogP contribution in [0.3, 0.4) is 0 Å². The summed E-state index contributed by atoms with van der Waals surface area (Å²) in [5.74, 6) is 0. The molecule has 1 aromatic carbocycles. The zero-order valence-corrected chi connectivity index (χ0v) is 8.31. The minimum absolute atomic E-state index is 0.375. The summed E-state index contributed by atoms with van der Waals surface area (Å²) in [6.45, 7) is 2.02. The smallest absolute Gasteiger partial charge is 0.327 e. The number of aryl methyl sites for hydroxylation is 1. The Labute approximate surface area is 86.4 Å². The molecule has 1 aromatic rings. The van der Waals surface area contributed by atoms with Crippen molar-refractivity contribution in [1.82, 2.24) is 0 Å². The Bertz CT molecular complexity index is 367. The van der Waals surface area contributed by atoms with E-state index in [4.69, 9.17) is 5.73 Å². The number of benzene rings is 1. The van der Waals surface area contributed by atoms with Crippen LogP contribution in [0.1, 0.15) is 16.7 Å². The molecule has 0 heterocycles. The summed E-state index contributed by atoms with van der Waals surface area (Å²) in [4.78, 5) is 0. The maximum absolute atomic E-state index is 12.3. The van der Waals surface area contributed by atoms with Gasteiger partial charge in [-0.05, 0) is 30.2 Å². The van der Waals surface area contributed by atoms with E-state index in [-0.39, 0.29) is 0 Å². The second-order valence-electron chi connectivity index (χ2n) is 3.21. The van der Waals surface area contributed by atoms with E-state index in [1.807, 2.05) is 0 Å². The third-order valence-corrected chi connectivity index (χ3v) is 2.03. The summed E-state index contributed by atoms with van der Waals surface area (Å²) in [7, 11) is 0. The molecule has 0 bridgehead atoms. The molecule has 0 atom stereocenters. The number of rotatable bonds is 2. The first-order chi connectivity index (χ1) is 6.95. The van der Waals surface area contributed by atoms with Crippen LogP contribution in [0.15, 0.2) is 24.3 Å². The Hall–Kier alpha value is -1.29. The van der Waals surface area contributed by atoms with Crippen molar-refractivity contribution in [3.05, 3.63) is 41.0 Å². The molecule has 0 unspecified atom stereocenters. The van der Waals surface area contributed by atoms with Gasteiger partial charge in [0.2, 0.25) is 0 Å². The van der Waals surface area contributed by atoms with Crippen LogP contribution in [0.5, 0.6) is 0 Å². The Kier molecular flexibility index (Phi) is 3.52. The molecular formula is C11H12F3N. The highest BCUT2D eigenvalue weighted by Gasteiger charge is 2.30. The van der Waals surface area contributed by atoms with Crippen molar-refractivity contribution in [2.45, 2.75) is 13.1 Å². The fraction of sp³-hybridized carbons (Fsp3) is 0.273. The van der Waals surface area contributed by atoms with Gasteiger partial charge in [0.05, 0.1) is 5.56 Å². The van der Waals surface area contributed by atoms with Crippen LogP contribution >= 0.6 is 0 Å². The van der Waals surface area contributed by atoms with E-state index >= 15 is 0 Å². The summed E-state index contributed by atoms with van der Waals surface area (Å²) < 4.78 is 36.9. The zero-order valence-electron chi connectivity index (χ0n) is 8.31. The molecule has 0 aliphatic heterocycles. The van der Waals surface area contributed by atoms with E-state index in [0.29, 0.717) is 12.1 Å². The maximum Gasteiger partial charge on any atom is 0.416 e. The summed E-state index contributed by atoms with van der Waals surface area (Å²) in [5.41, 5.74) is 5.99. The van der Waals surface area contributed by atoms with Crippen LogP contribution in [0.25, 0.3) is 6.08 Å². The van der Waals surface area contributed by atoms with Gasteiger partial charge in [-0.15, -0.1) is 0 Å². The molecule has 82 valence electrons. The molecule has 0 fully saturated rings. The Balaban J connectivity index is 3.04. The third kappa shape index (κ3) is 3.09. The van der Waals surface area contributed by atoms with E-state index in [1.165, 1.54) is 6.07 Å². The molecule has 4 heteroatoms. The van der Waals surface area contributed by atoms with E-state index in [9.17, 15) is 13.2 Å². The number of halogens is 3. The lowest BCUT2D eigenvalue weighted by molar-refractivity contribution is -0.137. The van der Waals surface area contributed by atoms with E-state index < -0.39 is 11.7 Å². The van der Waals surface area contributed by atoms with Gasteiger partial charge in [0.25, 0.3) is 0 Å². The van der Waals surface area contributed by atoms with Crippen LogP contribution in [0.2, 0.25) is 0 Å². The molecule has 1 rings (SSSR count). The molecule has 0 radical (unpaired) electrons. The average molecular weight is 215 g/mol. The van der Waals surface area contributed by atoms with Gasteiger partial charge in [0.1, 0.15) is 0 Å². The largest absolute Gasteiger partial charge is 0.416 e. The molecule has 0 spiro atoms. The molecule has 1 nitrogen and oxygen atoms in total. The Morgan fingerprint density at radius 3 is 2.47 bits per heavy atom. The molecule has 15 heavy (non-hydrogen) atoms. The molecule has 0 aromatic heterocycles. The number of hydrogen-bond acceptors (Lipinski definition) is 1. The molecule has 2 N–H and O–H groups in total. The topological polar surface area (TPSA) is 26.0 Å². The van der Waals surface area contributed by atoms with Gasteiger partial charge in [-0.2, -0.15) is 13.2 Å². The Morgan fingerprint density at radius 1 is 1.33 bits per heavy atom. The second-order valence-corrected chi connectivity index (χ2v) is 3.21. The third-order valence-electron chi connectivity index (χ3n) is 2.03. The minimum Gasteiger partial charge on any atom is -0.327 e. The van der Waals surface area contributed by atoms with Gasteiger partial charge in [0.15, 0.2) is 0 Å². The van der Waals surface area contributed by atoms with E-state index in [2.05, 4.69) is 0 Å². The predicted molar refractivity (Wildman–Crippen MR) is 54.3 cm³/mol. The van der Waals surface area contributed by atoms with Gasteiger partial charge in [-0.3, -0.25) is 0 Å². The highest BCUT2D eigenvalue weighted by molar-refractivity contribution is 5.54. The SMILES string of the molecule is Cc1cc(C(F)(F)F)ccc1C=CCN. The van der Waals surface area contributed by atoms with Gasteiger partial charge in [0, 0.05) is 6.54 Å². The Morgan fingerprint density at radius 2 is 2.00 bits per heavy atom. The van der Waals surface area contributed by atoms with Crippen molar-refractivity contribution in [2.75, 3.05) is 6.54 Å². The highest BCUT2D eigenvalue weighted by Crippen LogP contribution is 2.30. The quantitative estimate of drug-likeness (QED) is 0.806. The van der Waals surface area contributed by atoms with Crippen molar-refractivity contribution >= 4 is 6.08 Å². The minimum atomic E-state index is -4.28. The molecule has 0 saturated heterocycles. The lowest BCUT2D eigenvalue weighted by Crippen LogP contribution is -2.05. The van der Waals surface area contributed by atoms with Crippen LogP contribution in [0.4, 0.5) is 13.2 Å². The lowest BCUT2D eigenvalue weighted by Gasteiger charge is -2.08. The van der Waals surface area contributed by atoms with Crippen molar-refractivity contribution < 1.29 is 13.2 Å². The van der Waals surface area contributed by atoms with Crippen molar-refractivity contribution in [1.29, 1.82) is 0 Å². The fourth-order valence-electron chi connectivity index (χ4n) is 1.23. The maximum atomic E-state index is 12.3. The first-order valence-corrected chi connectivity index (χ1v) is 4.49. The number of hydrogen-bond donors (Lipinski definition) is 1. The van der Waals surface area contributed by atoms with Crippen LogP contribution in [-0.4, -0.2) is 6.54 Å². The van der Waals surface area contributed by atoms with Gasteiger partial charge in [-0.1, -0.05) is 18.2 Å². The summed E-state index contributed by atoms with van der Waals surface area (Å²) in [5, 5.41) is 0.